The van der Waals surface area contributed by atoms with Crippen LogP contribution < -0.4 is 15.4 Å². The van der Waals surface area contributed by atoms with Gasteiger partial charge in [-0.1, -0.05) is 48.0 Å². The van der Waals surface area contributed by atoms with Crippen molar-refractivity contribution in [3.8, 4) is 5.75 Å². The van der Waals surface area contributed by atoms with Gasteiger partial charge in [-0.3, -0.25) is 9.52 Å². The van der Waals surface area contributed by atoms with Crippen LogP contribution in [0, 0.1) is 5.82 Å². The average Bonchev–Trinajstić information content (AvgIpc) is 2.83. The number of β-amino-alcohol motifs (C(OH)–C–C–N with tert-alkyl or cyclic N) is 1. The van der Waals surface area contributed by atoms with E-state index in [9.17, 15) is 27.8 Å². The van der Waals surface area contributed by atoms with Crippen LogP contribution in [-0.4, -0.2) is 42.9 Å². The number of hydrogen-bond acceptors (Lipinski definition) is 6. The molecule has 0 radical (unpaired) electrons. The molecule has 5 N–H and O–H groups in total. The predicted octanol–water partition coefficient (Wildman–Crippen LogP) is 4.06. The van der Waals surface area contributed by atoms with Gasteiger partial charge in [-0.15, -0.1) is 0 Å². The van der Waals surface area contributed by atoms with E-state index in [1.54, 1.807) is 6.07 Å². The summed E-state index contributed by atoms with van der Waals surface area (Å²) in [6.07, 6.45) is 0.735. The number of phenols is 1. The number of aliphatic hydroxyl groups is 1. The van der Waals surface area contributed by atoms with Gasteiger partial charge >= 0.3 is 0 Å². The third-order valence-electron chi connectivity index (χ3n) is 6.00. The van der Waals surface area contributed by atoms with Gasteiger partial charge in [-0.25, -0.2) is 12.8 Å². The summed E-state index contributed by atoms with van der Waals surface area (Å²) in [7, 11) is -3.60. The number of halogens is 2. The molecule has 8 nitrogen and oxygen atoms in total. The second kappa shape index (κ2) is 12.8. The van der Waals surface area contributed by atoms with E-state index in [0.717, 1.165) is 17.4 Å². The number of anilines is 1. The van der Waals surface area contributed by atoms with Crippen molar-refractivity contribution >= 4 is 33.2 Å². The number of carbonyl (C=O) groups excluding carboxylic acids is 1. The molecule has 39 heavy (non-hydrogen) atoms. The van der Waals surface area contributed by atoms with Gasteiger partial charge in [0, 0.05) is 29.2 Å². The van der Waals surface area contributed by atoms with Crippen LogP contribution in [0.25, 0.3) is 0 Å². The largest absolute Gasteiger partial charge is 0.506 e. The molecule has 0 spiro atoms. The molecule has 210 valence electrons. The maximum Gasteiger partial charge on any atom is 0.229 e. The second-order valence-electron chi connectivity index (χ2n) is 10.1. The zero-order valence-electron chi connectivity index (χ0n) is 22.0. The van der Waals surface area contributed by atoms with E-state index in [1.165, 1.54) is 30.3 Å². The number of phenolic OH excluding ortho intramolecular Hbond substituents is 1. The van der Waals surface area contributed by atoms with Crippen LogP contribution in [0.4, 0.5) is 10.1 Å². The first-order chi connectivity index (χ1) is 18.2. The molecule has 0 heterocycles. The predicted molar refractivity (Wildman–Crippen MR) is 151 cm³/mol. The molecule has 0 bridgehead atoms. The summed E-state index contributed by atoms with van der Waals surface area (Å²) in [6.45, 7) is 4.13. The molecule has 3 aromatic carbocycles. The van der Waals surface area contributed by atoms with Crippen LogP contribution in [0.15, 0.2) is 60.7 Å². The molecule has 0 fully saturated rings. The number of amides is 1. The minimum atomic E-state index is -3.60. The number of aromatic hydroxyl groups is 1. The summed E-state index contributed by atoms with van der Waals surface area (Å²) >= 11 is 6.02. The molecule has 0 unspecified atom stereocenters. The Morgan fingerprint density at radius 2 is 1.77 bits per heavy atom. The van der Waals surface area contributed by atoms with Gasteiger partial charge in [0.2, 0.25) is 15.9 Å². The molecular formula is C28H33ClFN3O5S. The molecule has 0 aliphatic carbocycles. The maximum atomic E-state index is 13.9. The monoisotopic (exact) mass is 577 g/mol. The van der Waals surface area contributed by atoms with Gasteiger partial charge in [-0.2, -0.15) is 0 Å². The topological polar surface area (TPSA) is 128 Å². The van der Waals surface area contributed by atoms with Gasteiger partial charge < -0.3 is 20.8 Å². The molecule has 3 rings (SSSR count). The Bertz CT molecular complexity index is 1410. The maximum absolute atomic E-state index is 13.9. The van der Waals surface area contributed by atoms with Gasteiger partial charge in [0.25, 0.3) is 0 Å². The summed E-state index contributed by atoms with van der Waals surface area (Å²) in [5, 5.41) is 26.9. The molecule has 3 aromatic rings. The Morgan fingerprint density at radius 3 is 2.46 bits per heavy atom. The number of benzene rings is 3. The quantitative estimate of drug-likeness (QED) is 0.207. The molecule has 0 aromatic heterocycles. The normalized spacial score (nSPS) is 12.7. The summed E-state index contributed by atoms with van der Waals surface area (Å²) in [6, 6.07) is 16.2. The molecule has 1 amide bonds. The highest BCUT2D eigenvalue weighted by Gasteiger charge is 2.21. The Kier molecular flexibility index (Phi) is 9.95. The van der Waals surface area contributed by atoms with Crippen molar-refractivity contribution in [3.63, 3.8) is 0 Å². The lowest BCUT2D eigenvalue weighted by atomic mass is 9.93. The van der Waals surface area contributed by atoms with Crippen LogP contribution in [0.5, 0.6) is 5.75 Å². The summed E-state index contributed by atoms with van der Waals surface area (Å²) in [5.41, 5.74) is 2.02. The zero-order chi connectivity index (χ0) is 28.8. The molecule has 11 heteroatoms. The minimum Gasteiger partial charge on any atom is -0.506 e. The zero-order valence-corrected chi connectivity index (χ0v) is 23.5. The van der Waals surface area contributed by atoms with Gasteiger partial charge in [0.15, 0.2) is 0 Å². The van der Waals surface area contributed by atoms with Crippen LogP contribution in [0.2, 0.25) is 5.02 Å². The molecule has 0 aliphatic heterocycles. The van der Waals surface area contributed by atoms with Crippen LogP contribution >= 0.6 is 11.6 Å². The average molecular weight is 578 g/mol. The first-order valence-electron chi connectivity index (χ1n) is 12.2. The van der Waals surface area contributed by atoms with Crippen molar-refractivity contribution in [3.05, 3.63) is 93.8 Å². The van der Waals surface area contributed by atoms with Crippen LogP contribution in [0.1, 0.15) is 42.2 Å². The van der Waals surface area contributed by atoms with Crippen molar-refractivity contribution in [1.29, 1.82) is 0 Å². The van der Waals surface area contributed by atoms with E-state index in [2.05, 4.69) is 15.4 Å². The van der Waals surface area contributed by atoms with Gasteiger partial charge in [-0.05, 0) is 61.2 Å². The van der Waals surface area contributed by atoms with Crippen molar-refractivity contribution in [2.75, 3.05) is 17.5 Å². The Labute approximate surface area is 233 Å². The Morgan fingerprint density at radius 1 is 1.08 bits per heavy atom. The standard InChI is InChI=1S/C28H33ClFN3O5S/c1-28(2,32-17-26(35)20-10-11-25(34)24(14-20)33-39(3,37)38)15-19-7-4-6-18(12-19)13-27(36)31-16-21-22(29)8-5-9-23(21)30/h4-12,14,26,32-35H,13,15-17H2,1-3H3,(H,31,36)/t26-/m0/s1. The lowest BCUT2D eigenvalue weighted by Crippen LogP contribution is -2.43. The van der Waals surface area contributed by atoms with E-state index >= 15 is 0 Å². The number of sulfonamides is 1. The highest BCUT2D eigenvalue weighted by Crippen LogP contribution is 2.28. The smallest absolute Gasteiger partial charge is 0.229 e. The highest BCUT2D eigenvalue weighted by atomic mass is 35.5. The van der Waals surface area contributed by atoms with E-state index < -0.39 is 27.5 Å². The lowest BCUT2D eigenvalue weighted by molar-refractivity contribution is -0.120. The van der Waals surface area contributed by atoms with Crippen molar-refractivity contribution in [2.24, 2.45) is 0 Å². The lowest BCUT2D eigenvalue weighted by Gasteiger charge is -2.28. The van der Waals surface area contributed by atoms with Gasteiger partial charge in [0.1, 0.15) is 11.6 Å². The fourth-order valence-electron chi connectivity index (χ4n) is 4.09. The third kappa shape index (κ3) is 9.50. The Balaban J connectivity index is 1.56. The second-order valence-corrected chi connectivity index (χ2v) is 12.2. The minimum absolute atomic E-state index is 0.00382. The molecule has 0 saturated heterocycles. The Hall–Kier alpha value is -3.18. The van der Waals surface area contributed by atoms with Gasteiger partial charge in [0.05, 0.1) is 24.5 Å². The fourth-order valence-corrected chi connectivity index (χ4v) is 4.88. The van der Waals surface area contributed by atoms with E-state index in [1.807, 2.05) is 38.1 Å². The van der Waals surface area contributed by atoms with Crippen LogP contribution in [0.3, 0.4) is 0 Å². The number of rotatable bonds is 12. The van der Waals surface area contributed by atoms with E-state index in [0.29, 0.717) is 12.0 Å². The van der Waals surface area contributed by atoms with Crippen LogP contribution in [-0.2, 0) is 34.2 Å². The molecule has 0 saturated carbocycles. The first-order valence-corrected chi connectivity index (χ1v) is 14.5. The number of carbonyl (C=O) groups is 1. The number of hydrogen-bond donors (Lipinski definition) is 5. The van der Waals surface area contributed by atoms with Crippen molar-refractivity contribution < 1.29 is 27.8 Å². The summed E-state index contributed by atoms with van der Waals surface area (Å²) in [5.74, 6) is -0.971. The van der Waals surface area contributed by atoms with Crippen molar-refractivity contribution in [2.45, 2.75) is 44.9 Å². The molecule has 0 aliphatic rings. The summed E-state index contributed by atoms with van der Waals surface area (Å²) in [4.78, 5) is 12.5. The van der Waals surface area contributed by atoms with E-state index in [-0.39, 0.29) is 47.4 Å². The van der Waals surface area contributed by atoms with E-state index in [4.69, 9.17) is 11.6 Å². The molecular weight excluding hydrogens is 545 g/mol. The SMILES string of the molecule is CC(C)(Cc1cccc(CC(=O)NCc2c(F)cccc2Cl)c1)NC[C@H](O)c1ccc(O)c(NS(C)(=O)=O)c1. The van der Waals surface area contributed by atoms with Crippen molar-refractivity contribution in [1.82, 2.24) is 10.6 Å². The number of aliphatic hydroxyl groups excluding tert-OH is 1. The molecule has 1 atom stereocenters. The fraction of sp³-hybridized carbons (Fsp3) is 0.321. The highest BCUT2D eigenvalue weighted by molar-refractivity contribution is 7.92. The third-order valence-corrected chi connectivity index (χ3v) is 6.95. The number of nitrogens with one attached hydrogen (secondary N) is 3. The first kappa shape index (κ1) is 30.4. The summed E-state index contributed by atoms with van der Waals surface area (Å²) < 4.78 is 39.2.